The van der Waals surface area contributed by atoms with E-state index in [-0.39, 0.29) is 6.04 Å². The number of hydrogen-bond acceptors (Lipinski definition) is 4. The van der Waals surface area contributed by atoms with E-state index in [2.05, 4.69) is 23.3 Å². The van der Waals surface area contributed by atoms with Crippen LogP contribution in [0, 0.1) is 0 Å². The molecule has 4 heteroatoms. The molecule has 1 unspecified atom stereocenters. The quantitative estimate of drug-likeness (QED) is 0.849. The van der Waals surface area contributed by atoms with Crippen molar-refractivity contribution >= 4 is 0 Å². The van der Waals surface area contributed by atoms with Crippen LogP contribution in [-0.4, -0.2) is 25.7 Å². The Hall–Kier alpha value is -2.07. The summed E-state index contributed by atoms with van der Waals surface area (Å²) in [4.78, 5) is 4.18. The number of nitrogens with one attached hydrogen (secondary N) is 1. The van der Waals surface area contributed by atoms with Gasteiger partial charge in [-0.05, 0) is 42.3 Å². The Morgan fingerprint density at radius 2 is 1.86 bits per heavy atom. The number of rotatable bonds is 7. The van der Waals surface area contributed by atoms with Crippen molar-refractivity contribution in [2.75, 3.05) is 20.8 Å². The second-order valence-corrected chi connectivity index (χ2v) is 4.82. The van der Waals surface area contributed by atoms with Gasteiger partial charge in [-0.2, -0.15) is 0 Å². The number of likely N-dealkylation sites (N-methyl/N-ethyl adjacent to an activating group) is 1. The molecule has 1 N–H and O–H groups in total. The topological polar surface area (TPSA) is 43.4 Å². The van der Waals surface area contributed by atoms with Gasteiger partial charge in [0.15, 0.2) is 0 Å². The standard InChI is InChI=1S/C17H22N2O2/c1-4-19-17(8-13-6-5-7-18-12-13)14-9-15(20-2)11-16(10-14)21-3/h5-7,9-12,17,19H,4,8H2,1-3H3. The Labute approximate surface area is 126 Å². The van der Waals surface area contributed by atoms with Gasteiger partial charge in [-0.1, -0.05) is 13.0 Å². The fourth-order valence-corrected chi connectivity index (χ4v) is 2.34. The lowest BCUT2D eigenvalue weighted by atomic mass is 9.99. The van der Waals surface area contributed by atoms with Crippen LogP contribution < -0.4 is 14.8 Å². The average Bonchev–Trinajstić information content (AvgIpc) is 2.55. The van der Waals surface area contributed by atoms with Crippen molar-refractivity contribution in [3.8, 4) is 11.5 Å². The monoisotopic (exact) mass is 286 g/mol. The van der Waals surface area contributed by atoms with Crippen LogP contribution in [0.4, 0.5) is 0 Å². The lowest BCUT2D eigenvalue weighted by molar-refractivity contribution is 0.391. The summed E-state index contributed by atoms with van der Waals surface area (Å²) in [5, 5.41) is 3.51. The lowest BCUT2D eigenvalue weighted by Gasteiger charge is -2.20. The first kappa shape index (κ1) is 15.3. The second kappa shape index (κ2) is 7.64. The maximum atomic E-state index is 5.36. The number of pyridine rings is 1. The summed E-state index contributed by atoms with van der Waals surface area (Å²) in [6.45, 7) is 3.00. The fourth-order valence-electron chi connectivity index (χ4n) is 2.34. The Morgan fingerprint density at radius 1 is 1.14 bits per heavy atom. The zero-order chi connectivity index (χ0) is 15.1. The van der Waals surface area contributed by atoms with Gasteiger partial charge in [0.2, 0.25) is 0 Å². The molecule has 21 heavy (non-hydrogen) atoms. The van der Waals surface area contributed by atoms with E-state index in [4.69, 9.17) is 9.47 Å². The van der Waals surface area contributed by atoms with Gasteiger partial charge in [-0.15, -0.1) is 0 Å². The number of aromatic nitrogens is 1. The molecule has 0 saturated heterocycles. The third-order valence-electron chi connectivity index (χ3n) is 3.39. The zero-order valence-corrected chi connectivity index (χ0v) is 12.8. The van der Waals surface area contributed by atoms with E-state index in [0.29, 0.717) is 0 Å². The molecule has 2 aromatic rings. The molecule has 0 fully saturated rings. The number of methoxy groups -OCH3 is 2. The van der Waals surface area contributed by atoms with Crippen molar-refractivity contribution in [2.45, 2.75) is 19.4 Å². The van der Waals surface area contributed by atoms with Crippen LogP contribution in [0.15, 0.2) is 42.7 Å². The minimum Gasteiger partial charge on any atom is -0.497 e. The Bertz CT molecular complexity index is 536. The van der Waals surface area contributed by atoms with E-state index >= 15 is 0 Å². The van der Waals surface area contributed by atoms with Gasteiger partial charge >= 0.3 is 0 Å². The molecule has 0 aliphatic carbocycles. The van der Waals surface area contributed by atoms with Gasteiger partial charge in [0.25, 0.3) is 0 Å². The Kier molecular flexibility index (Phi) is 5.58. The van der Waals surface area contributed by atoms with Gasteiger partial charge < -0.3 is 14.8 Å². The smallest absolute Gasteiger partial charge is 0.122 e. The largest absolute Gasteiger partial charge is 0.497 e. The highest BCUT2D eigenvalue weighted by Gasteiger charge is 2.14. The van der Waals surface area contributed by atoms with Crippen LogP contribution in [0.5, 0.6) is 11.5 Å². The molecule has 0 saturated carbocycles. The first-order chi connectivity index (χ1) is 10.3. The third kappa shape index (κ3) is 4.20. The molecule has 0 radical (unpaired) electrons. The third-order valence-corrected chi connectivity index (χ3v) is 3.39. The summed E-state index contributed by atoms with van der Waals surface area (Å²) in [7, 11) is 3.34. The fraction of sp³-hybridized carbons (Fsp3) is 0.353. The highest BCUT2D eigenvalue weighted by Crippen LogP contribution is 2.28. The van der Waals surface area contributed by atoms with E-state index in [0.717, 1.165) is 30.0 Å². The molecule has 4 nitrogen and oxygen atoms in total. The molecule has 2 rings (SSSR count). The van der Waals surface area contributed by atoms with Crippen LogP contribution in [0.25, 0.3) is 0 Å². The summed E-state index contributed by atoms with van der Waals surface area (Å²) < 4.78 is 10.7. The molecule has 0 spiro atoms. The van der Waals surface area contributed by atoms with E-state index in [1.807, 2.05) is 30.5 Å². The van der Waals surface area contributed by atoms with Crippen LogP contribution in [0.1, 0.15) is 24.1 Å². The zero-order valence-electron chi connectivity index (χ0n) is 12.8. The molecule has 1 aromatic carbocycles. The predicted octanol–water partition coefficient (Wildman–Crippen LogP) is 2.99. The summed E-state index contributed by atoms with van der Waals surface area (Å²) in [6, 6.07) is 10.2. The summed E-state index contributed by atoms with van der Waals surface area (Å²) in [6.07, 6.45) is 4.57. The summed E-state index contributed by atoms with van der Waals surface area (Å²) in [5.74, 6) is 1.61. The second-order valence-electron chi connectivity index (χ2n) is 4.82. The molecule has 112 valence electrons. The Morgan fingerprint density at radius 3 is 2.38 bits per heavy atom. The first-order valence-electron chi connectivity index (χ1n) is 7.12. The van der Waals surface area contributed by atoms with E-state index in [1.165, 1.54) is 5.56 Å². The van der Waals surface area contributed by atoms with E-state index in [9.17, 15) is 0 Å². The predicted molar refractivity (Wildman–Crippen MR) is 83.9 cm³/mol. The molecular weight excluding hydrogens is 264 g/mol. The van der Waals surface area contributed by atoms with Crippen molar-refractivity contribution in [1.29, 1.82) is 0 Å². The van der Waals surface area contributed by atoms with Gasteiger partial charge in [-0.3, -0.25) is 4.98 Å². The highest BCUT2D eigenvalue weighted by atomic mass is 16.5. The molecular formula is C17H22N2O2. The van der Waals surface area contributed by atoms with E-state index in [1.54, 1.807) is 20.4 Å². The molecule has 0 aliphatic heterocycles. The maximum Gasteiger partial charge on any atom is 0.122 e. The number of hydrogen-bond donors (Lipinski definition) is 1. The summed E-state index contributed by atoms with van der Waals surface area (Å²) in [5.41, 5.74) is 2.35. The molecule has 1 aromatic heterocycles. The van der Waals surface area contributed by atoms with Crippen LogP contribution in [0.2, 0.25) is 0 Å². The maximum absolute atomic E-state index is 5.36. The molecule has 1 heterocycles. The molecule has 0 amide bonds. The van der Waals surface area contributed by atoms with Crippen molar-refractivity contribution in [3.05, 3.63) is 53.9 Å². The average molecular weight is 286 g/mol. The van der Waals surface area contributed by atoms with Crippen molar-refractivity contribution < 1.29 is 9.47 Å². The number of nitrogens with zero attached hydrogens (tertiary/aromatic N) is 1. The van der Waals surface area contributed by atoms with Crippen molar-refractivity contribution in [3.63, 3.8) is 0 Å². The van der Waals surface area contributed by atoms with Gasteiger partial charge in [-0.25, -0.2) is 0 Å². The summed E-state index contributed by atoms with van der Waals surface area (Å²) >= 11 is 0. The Balaban J connectivity index is 2.28. The van der Waals surface area contributed by atoms with Crippen molar-refractivity contribution in [2.24, 2.45) is 0 Å². The van der Waals surface area contributed by atoms with E-state index < -0.39 is 0 Å². The van der Waals surface area contributed by atoms with Gasteiger partial charge in [0, 0.05) is 24.5 Å². The molecule has 0 aliphatic rings. The lowest BCUT2D eigenvalue weighted by Crippen LogP contribution is -2.23. The number of ether oxygens (including phenoxy) is 2. The number of benzene rings is 1. The molecule has 1 atom stereocenters. The molecule has 0 bridgehead atoms. The van der Waals surface area contributed by atoms with Crippen LogP contribution in [0.3, 0.4) is 0 Å². The van der Waals surface area contributed by atoms with Gasteiger partial charge in [0.05, 0.1) is 14.2 Å². The normalized spacial score (nSPS) is 12.0. The van der Waals surface area contributed by atoms with Crippen LogP contribution >= 0.6 is 0 Å². The van der Waals surface area contributed by atoms with Crippen molar-refractivity contribution in [1.82, 2.24) is 10.3 Å². The first-order valence-corrected chi connectivity index (χ1v) is 7.12. The SMILES string of the molecule is CCNC(Cc1cccnc1)c1cc(OC)cc(OC)c1. The van der Waals surface area contributed by atoms with Crippen LogP contribution in [-0.2, 0) is 6.42 Å². The minimum absolute atomic E-state index is 0.197. The highest BCUT2D eigenvalue weighted by molar-refractivity contribution is 5.40. The minimum atomic E-state index is 0.197. The van der Waals surface area contributed by atoms with Gasteiger partial charge in [0.1, 0.15) is 11.5 Å².